The molecule has 1 aromatic carbocycles. The zero-order valence-electron chi connectivity index (χ0n) is 19.9. The number of hydrogen-bond acceptors (Lipinski definition) is 4. The van der Waals surface area contributed by atoms with Crippen LogP contribution in [0.4, 0.5) is 0 Å². The molecule has 0 bridgehead atoms. The summed E-state index contributed by atoms with van der Waals surface area (Å²) in [5.74, 6) is 1.12. The second-order valence-electron chi connectivity index (χ2n) is 9.50. The Labute approximate surface area is 196 Å². The van der Waals surface area contributed by atoms with E-state index in [4.69, 9.17) is 4.74 Å². The summed E-state index contributed by atoms with van der Waals surface area (Å²) in [4.78, 5) is 28.3. The van der Waals surface area contributed by atoms with Crippen LogP contribution in [-0.2, 0) is 29.5 Å². The van der Waals surface area contributed by atoms with Gasteiger partial charge in [-0.3, -0.25) is 14.3 Å². The normalized spacial score (nSPS) is 22.0. The van der Waals surface area contributed by atoms with Gasteiger partial charge >= 0.3 is 0 Å². The number of piperidine rings is 1. The fourth-order valence-corrected chi connectivity index (χ4v) is 5.18. The second kappa shape index (κ2) is 10.4. The monoisotopic (exact) mass is 452 g/mol. The molecule has 7 heteroatoms. The lowest BCUT2D eigenvalue weighted by Crippen LogP contribution is -2.54. The van der Waals surface area contributed by atoms with Gasteiger partial charge in [-0.2, -0.15) is 5.10 Å². The number of para-hydroxylation sites is 1. The highest BCUT2D eigenvalue weighted by Gasteiger charge is 2.42. The average molecular weight is 453 g/mol. The number of rotatable bonds is 3. The molecule has 0 radical (unpaired) electrons. The zero-order chi connectivity index (χ0) is 23.3. The first-order valence-corrected chi connectivity index (χ1v) is 12.2. The van der Waals surface area contributed by atoms with Gasteiger partial charge in [-0.25, -0.2) is 0 Å². The van der Waals surface area contributed by atoms with Crippen LogP contribution in [-0.4, -0.2) is 52.7 Å². The average Bonchev–Trinajstić information content (AvgIpc) is 3.15. The van der Waals surface area contributed by atoms with Crippen LogP contribution < -0.4 is 10.1 Å². The van der Waals surface area contributed by atoms with Gasteiger partial charge in [0.25, 0.3) is 0 Å². The van der Waals surface area contributed by atoms with Crippen molar-refractivity contribution < 1.29 is 14.3 Å². The third kappa shape index (κ3) is 5.40. The molecule has 3 heterocycles. The van der Waals surface area contributed by atoms with Crippen molar-refractivity contribution in [2.24, 2.45) is 12.5 Å². The maximum absolute atomic E-state index is 13.3. The molecule has 1 saturated heterocycles. The maximum atomic E-state index is 13.3. The molecule has 1 N–H and O–H groups in total. The Balaban J connectivity index is 1.41. The molecular weight excluding hydrogens is 416 g/mol. The van der Waals surface area contributed by atoms with Crippen LogP contribution in [0, 0.1) is 12.3 Å². The van der Waals surface area contributed by atoms with Gasteiger partial charge in [0.1, 0.15) is 12.4 Å². The predicted molar refractivity (Wildman–Crippen MR) is 127 cm³/mol. The minimum absolute atomic E-state index is 0.0700. The first-order chi connectivity index (χ1) is 16.0. The van der Waals surface area contributed by atoms with Gasteiger partial charge in [0, 0.05) is 32.3 Å². The highest BCUT2D eigenvalue weighted by molar-refractivity contribution is 5.84. The fourth-order valence-electron chi connectivity index (χ4n) is 5.18. The fraction of sp³-hybridized carbons (Fsp3) is 0.577. The van der Waals surface area contributed by atoms with Crippen molar-refractivity contribution >= 4 is 11.8 Å². The summed E-state index contributed by atoms with van der Waals surface area (Å²) in [5.41, 5.74) is 2.93. The first-order valence-electron chi connectivity index (χ1n) is 12.2. The number of fused-ring (bicyclic) bond motifs is 1. The Morgan fingerprint density at radius 3 is 2.85 bits per heavy atom. The Kier molecular flexibility index (Phi) is 7.36. The zero-order valence-corrected chi connectivity index (χ0v) is 19.9. The molecule has 2 aliphatic heterocycles. The molecule has 2 aromatic rings. The Morgan fingerprint density at radius 1 is 1.21 bits per heavy atom. The lowest BCUT2D eigenvalue weighted by Gasteiger charge is -2.42. The van der Waals surface area contributed by atoms with E-state index in [1.165, 1.54) is 5.56 Å². The van der Waals surface area contributed by atoms with Crippen LogP contribution >= 0.6 is 0 Å². The summed E-state index contributed by atoms with van der Waals surface area (Å²) < 4.78 is 7.78. The number of benzene rings is 1. The maximum Gasteiger partial charge on any atom is 0.228 e. The number of hydrogen-bond donors (Lipinski definition) is 1. The molecule has 0 aliphatic carbocycles. The number of nitrogens with zero attached hydrogens (tertiary/aromatic N) is 3. The molecule has 178 valence electrons. The first kappa shape index (κ1) is 23.3. The summed E-state index contributed by atoms with van der Waals surface area (Å²) in [7, 11) is 1.92. The smallest absolute Gasteiger partial charge is 0.228 e. The van der Waals surface area contributed by atoms with Crippen LogP contribution in [0.25, 0.3) is 0 Å². The largest absolute Gasteiger partial charge is 0.491 e. The van der Waals surface area contributed by atoms with E-state index in [1.807, 2.05) is 41.9 Å². The number of amides is 2. The highest BCUT2D eigenvalue weighted by Crippen LogP contribution is 2.36. The molecule has 1 unspecified atom stereocenters. The Bertz CT molecular complexity index is 986. The summed E-state index contributed by atoms with van der Waals surface area (Å²) in [6.45, 7) is 4.20. The Hall–Kier alpha value is -2.83. The molecule has 1 atom stereocenters. The third-order valence-corrected chi connectivity index (χ3v) is 7.33. The van der Waals surface area contributed by atoms with Crippen molar-refractivity contribution in [1.29, 1.82) is 0 Å². The van der Waals surface area contributed by atoms with Crippen molar-refractivity contribution in [3.05, 3.63) is 47.3 Å². The Morgan fingerprint density at radius 2 is 2.03 bits per heavy atom. The van der Waals surface area contributed by atoms with E-state index in [0.717, 1.165) is 62.1 Å². The number of carbonyl (C=O) groups is 2. The summed E-state index contributed by atoms with van der Waals surface area (Å²) in [6.07, 6.45) is 8.41. The van der Waals surface area contributed by atoms with Crippen LogP contribution in [0.5, 0.6) is 5.75 Å². The van der Waals surface area contributed by atoms with Crippen molar-refractivity contribution in [2.45, 2.75) is 58.3 Å². The van der Waals surface area contributed by atoms with Gasteiger partial charge in [0.05, 0.1) is 18.2 Å². The predicted octanol–water partition coefficient (Wildman–Crippen LogP) is 3.19. The standard InChI is InChI=1S/C26H36N4O3/c1-20-22(18-28-29(20)2)11-12-24(31)30-16-7-14-26(19-30)13-6-5-9-21-8-3-4-10-23(21)33-17-15-27-25(26)32/h3-4,8,10,18H,5-7,9,11-17,19H2,1-2H3,(H,27,32). The molecule has 4 rings (SSSR count). The van der Waals surface area contributed by atoms with Gasteiger partial charge in [0.15, 0.2) is 0 Å². The molecule has 2 aliphatic rings. The second-order valence-corrected chi connectivity index (χ2v) is 9.50. The van der Waals surface area contributed by atoms with Gasteiger partial charge in [-0.15, -0.1) is 0 Å². The van der Waals surface area contributed by atoms with E-state index in [2.05, 4.69) is 22.5 Å². The van der Waals surface area contributed by atoms with Crippen LogP contribution in [0.15, 0.2) is 30.5 Å². The van der Waals surface area contributed by atoms with E-state index in [0.29, 0.717) is 32.5 Å². The third-order valence-electron chi connectivity index (χ3n) is 7.33. The molecule has 1 spiro atoms. The van der Waals surface area contributed by atoms with Gasteiger partial charge in [-0.1, -0.05) is 24.6 Å². The highest BCUT2D eigenvalue weighted by atomic mass is 16.5. The minimum Gasteiger partial charge on any atom is -0.491 e. The van der Waals surface area contributed by atoms with E-state index in [1.54, 1.807) is 0 Å². The van der Waals surface area contributed by atoms with E-state index >= 15 is 0 Å². The molecule has 33 heavy (non-hydrogen) atoms. The SMILES string of the molecule is Cc1c(CCC(=O)N2CCCC3(CCCCc4ccccc4OCCNC3=O)C2)cnn1C. The van der Waals surface area contributed by atoms with Crippen molar-refractivity contribution in [2.75, 3.05) is 26.2 Å². The number of nitrogens with one attached hydrogen (secondary N) is 1. The molecule has 7 nitrogen and oxygen atoms in total. The summed E-state index contributed by atoms with van der Waals surface area (Å²) in [6, 6.07) is 8.17. The van der Waals surface area contributed by atoms with Crippen LogP contribution in [0.2, 0.25) is 0 Å². The summed E-state index contributed by atoms with van der Waals surface area (Å²) >= 11 is 0. The van der Waals surface area contributed by atoms with Crippen molar-refractivity contribution in [3.8, 4) is 5.75 Å². The quantitative estimate of drug-likeness (QED) is 0.776. The van der Waals surface area contributed by atoms with E-state index < -0.39 is 5.41 Å². The lowest BCUT2D eigenvalue weighted by molar-refractivity contribution is -0.142. The topological polar surface area (TPSA) is 76.5 Å². The lowest BCUT2D eigenvalue weighted by atomic mass is 9.74. The number of aromatic nitrogens is 2. The number of aryl methyl sites for hydroxylation is 3. The minimum atomic E-state index is -0.503. The van der Waals surface area contributed by atoms with E-state index in [9.17, 15) is 9.59 Å². The van der Waals surface area contributed by atoms with E-state index in [-0.39, 0.29) is 11.8 Å². The summed E-state index contributed by atoms with van der Waals surface area (Å²) in [5, 5.41) is 7.38. The van der Waals surface area contributed by atoms with Crippen molar-refractivity contribution in [3.63, 3.8) is 0 Å². The molecular formula is C26H36N4O3. The van der Waals surface area contributed by atoms with Gasteiger partial charge in [-0.05, 0) is 62.6 Å². The van der Waals surface area contributed by atoms with Gasteiger partial charge in [0.2, 0.25) is 11.8 Å². The van der Waals surface area contributed by atoms with Crippen molar-refractivity contribution in [1.82, 2.24) is 20.0 Å². The molecule has 2 amide bonds. The van der Waals surface area contributed by atoms with Crippen LogP contribution in [0.3, 0.4) is 0 Å². The van der Waals surface area contributed by atoms with Gasteiger partial charge < -0.3 is 15.0 Å². The van der Waals surface area contributed by atoms with Crippen LogP contribution in [0.1, 0.15) is 55.3 Å². The molecule has 1 aromatic heterocycles. The number of carbonyl (C=O) groups excluding carboxylic acids is 2. The molecule has 1 fully saturated rings. The number of likely N-dealkylation sites (tertiary alicyclic amines) is 1. The molecule has 0 saturated carbocycles. The number of ether oxygens (including phenoxy) is 1.